The number of halogens is 1. The van der Waals surface area contributed by atoms with Crippen LogP contribution in [0.2, 0.25) is 0 Å². The number of benzene rings is 2. The predicted octanol–water partition coefficient (Wildman–Crippen LogP) is 4.01. The number of anilines is 1. The number of ether oxygens (including phenoxy) is 1. The number of rotatable bonds is 8. The van der Waals surface area contributed by atoms with Gasteiger partial charge in [-0.15, -0.1) is 16.4 Å². The second kappa shape index (κ2) is 10.5. The molecule has 36 heavy (non-hydrogen) atoms. The summed E-state index contributed by atoms with van der Waals surface area (Å²) in [7, 11) is 0. The normalized spacial score (nSPS) is 16.2. The highest BCUT2D eigenvalue weighted by Gasteiger charge is 2.35. The number of thiophene rings is 1. The van der Waals surface area contributed by atoms with Gasteiger partial charge in [0.1, 0.15) is 23.9 Å². The van der Waals surface area contributed by atoms with E-state index < -0.39 is 11.9 Å². The van der Waals surface area contributed by atoms with Crippen molar-refractivity contribution in [1.29, 1.82) is 0 Å². The van der Waals surface area contributed by atoms with Crippen molar-refractivity contribution in [2.75, 3.05) is 18.1 Å². The van der Waals surface area contributed by atoms with E-state index in [4.69, 9.17) is 4.74 Å². The van der Waals surface area contributed by atoms with Crippen LogP contribution in [0.3, 0.4) is 0 Å². The lowest BCUT2D eigenvalue weighted by Gasteiger charge is -2.31. The molecule has 1 aliphatic rings. The highest BCUT2D eigenvalue weighted by Crippen LogP contribution is 2.34. The van der Waals surface area contributed by atoms with Crippen molar-refractivity contribution in [3.8, 4) is 0 Å². The summed E-state index contributed by atoms with van der Waals surface area (Å²) in [5.41, 5.74) is 2.68. The zero-order chi connectivity index (χ0) is 25.1. The number of hydrogen-bond acceptors (Lipinski definition) is 6. The van der Waals surface area contributed by atoms with Gasteiger partial charge in [0.05, 0.1) is 11.6 Å². The maximum Gasteiger partial charge on any atom is 0.249 e. The highest BCUT2D eigenvalue weighted by atomic mass is 32.1. The Morgan fingerprint density at radius 3 is 2.75 bits per heavy atom. The molecule has 5 rings (SSSR count). The number of carbonyl (C=O) groups is 2. The molecule has 8 nitrogen and oxygen atoms in total. The standard InChI is InChI=1S/C26H26FN5O3S/c1-17-12-14-36-25(17)24(26(34)28-15-20-5-4-13-35-20)32(19-10-8-18(27)9-11-19)23(33)16-31-22-7-3-2-6-21(22)29-30-31/h2-3,6-12,14,20,24H,4-5,13,15-16H2,1H3,(H,28,34)/t20-,24-/m1/s1. The number of amides is 2. The van der Waals surface area contributed by atoms with Crippen molar-refractivity contribution in [2.45, 2.75) is 38.5 Å². The van der Waals surface area contributed by atoms with E-state index in [0.29, 0.717) is 29.9 Å². The summed E-state index contributed by atoms with van der Waals surface area (Å²) in [5, 5.41) is 13.2. The van der Waals surface area contributed by atoms with Gasteiger partial charge in [-0.1, -0.05) is 17.3 Å². The lowest BCUT2D eigenvalue weighted by molar-refractivity contribution is -0.127. The molecule has 3 heterocycles. The first-order valence-electron chi connectivity index (χ1n) is 11.8. The molecule has 0 spiro atoms. The number of hydrogen-bond donors (Lipinski definition) is 1. The second-order valence-electron chi connectivity index (χ2n) is 8.73. The maximum absolute atomic E-state index is 13.9. The minimum absolute atomic E-state index is 0.0458. The van der Waals surface area contributed by atoms with Gasteiger partial charge in [0.25, 0.3) is 0 Å². The molecule has 0 radical (unpaired) electrons. The van der Waals surface area contributed by atoms with Crippen LogP contribution in [0, 0.1) is 12.7 Å². The Bertz CT molecular complexity index is 1360. The van der Waals surface area contributed by atoms with E-state index in [2.05, 4.69) is 15.6 Å². The van der Waals surface area contributed by atoms with Gasteiger partial charge in [0.15, 0.2) is 0 Å². The Balaban J connectivity index is 1.52. The van der Waals surface area contributed by atoms with Crippen LogP contribution in [0.1, 0.15) is 29.3 Å². The Morgan fingerprint density at radius 2 is 2.03 bits per heavy atom. The van der Waals surface area contributed by atoms with E-state index in [-0.39, 0.29) is 24.5 Å². The van der Waals surface area contributed by atoms with Crippen LogP contribution in [-0.4, -0.2) is 46.1 Å². The largest absolute Gasteiger partial charge is 0.376 e. The molecule has 10 heteroatoms. The minimum atomic E-state index is -0.945. The van der Waals surface area contributed by atoms with Crippen LogP contribution < -0.4 is 10.2 Å². The predicted molar refractivity (Wildman–Crippen MR) is 135 cm³/mol. The van der Waals surface area contributed by atoms with E-state index in [9.17, 15) is 14.0 Å². The summed E-state index contributed by atoms with van der Waals surface area (Å²) in [5.74, 6) is -1.13. The van der Waals surface area contributed by atoms with Crippen LogP contribution >= 0.6 is 11.3 Å². The van der Waals surface area contributed by atoms with E-state index in [1.807, 2.05) is 42.6 Å². The SMILES string of the molecule is Cc1ccsc1[C@H](C(=O)NC[C@H]1CCCO1)N(C(=O)Cn1nnc2ccccc21)c1ccc(F)cc1. The molecule has 2 atom stereocenters. The molecular weight excluding hydrogens is 481 g/mol. The fourth-order valence-corrected chi connectivity index (χ4v) is 5.43. The third kappa shape index (κ3) is 5.00. The lowest BCUT2D eigenvalue weighted by Crippen LogP contribution is -2.46. The van der Waals surface area contributed by atoms with Gasteiger partial charge in [0.2, 0.25) is 11.8 Å². The molecule has 0 bridgehead atoms. The van der Waals surface area contributed by atoms with E-state index in [1.54, 1.807) is 0 Å². The van der Waals surface area contributed by atoms with Gasteiger partial charge < -0.3 is 10.1 Å². The van der Waals surface area contributed by atoms with E-state index in [0.717, 1.165) is 23.3 Å². The molecule has 0 saturated carbocycles. The van der Waals surface area contributed by atoms with E-state index >= 15 is 0 Å². The monoisotopic (exact) mass is 507 g/mol. The average Bonchev–Trinajstić information content (AvgIpc) is 3.64. The van der Waals surface area contributed by atoms with Crippen molar-refractivity contribution in [2.24, 2.45) is 0 Å². The first kappa shape index (κ1) is 24.1. The smallest absolute Gasteiger partial charge is 0.249 e. The quantitative estimate of drug-likeness (QED) is 0.389. The van der Waals surface area contributed by atoms with Crippen molar-refractivity contribution >= 4 is 39.9 Å². The van der Waals surface area contributed by atoms with Gasteiger partial charge in [0, 0.05) is 23.7 Å². The Morgan fingerprint density at radius 1 is 1.22 bits per heavy atom. The molecule has 1 aliphatic heterocycles. The van der Waals surface area contributed by atoms with Crippen LogP contribution in [0.4, 0.5) is 10.1 Å². The van der Waals surface area contributed by atoms with Crippen LogP contribution in [0.25, 0.3) is 11.0 Å². The number of aromatic nitrogens is 3. The Hall–Kier alpha value is -3.63. The maximum atomic E-state index is 13.9. The molecule has 1 saturated heterocycles. The molecule has 2 aromatic heterocycles. The van der Waals surface area contributed by atoms with E-state index in [1.165, 1.54) is 45.2 Å². The summed E-state index contributed by atoms with van der Waals surface area (Å²) in [6.45, 7) is 2.81. The molecule has 2 amide bonds. The number of nitrogens with zero attached hydrogens (tertiary/aromatic N) is 4. The first-order valence-corrected chi connectivity index (χ1v) is 12.7. The zero-order valence-corrected chi connectivity index (χ0v) is 20.6. The molecule has 2 aromatic carbocycles. The number of nitrogens with one attached hydrogen (secondary N) is 1. The third-order valence-electron chi connectivity index (χ3n) is 6.26. The lowest BCUT2D eigenvalue weighted by atomic mass is 10.1. The van der Waals surface area contributed by atoms with Crippen molar-refractivity contribution in [3.05, 3.63) is 76.2 Å². The molecule has 0 unspecified atom stereocenters. The average molecular weight is 508 g/mol. The number of para-hydroxylation sites is 1. The van der Waals surface area contributed by atoms with Crippen molar-refractivity contribution in [3.63, 3.8) is 0 Å². The van der Waals surface area contributed by atoms with Crippen LogP contribution in [-0.2, 0) is 20.9 Å². The van der Waals surface area contributed by atoms with Crippen LogP contribution in [0.15, 0.2) is 60.0 Å². The molecule has 1 fully saturated rings. The zero-order valence-electron chi connectivity index (χ0n) is 19.8. The van der Waals surface area contributed by atoms with Crippen molar-refractivity contribution in [1.82, 2.24) is 20.3 Å². The summed E-state index contributed by atoms with van der Waals surface area (Å²) < 4.78 is 21.0. The summed E-state index contributed by atoms with van der Waals surface area (Å²) in [6, 6.07) is 13.9. The molecule has 4 aromatic rings. The molecule has 0 aliphatic carbocycles. The van der Waals surface area contributed by atoms with Gasteiger partial charge in [-0.05, 0) is 73.2 Å². The fraction of sp³-hybridized carbons (Fsp3) is 0.308. The van der Waals surface area contributed by atoms with Crippen molar-refractivity contribution < 1.29 is 18.7 Å². The number of carbonyl (C=O) groups excluding carboxylic acids is 2. The first-order chi connectivity index (χ1) is 17.5. The van der Waals surface area contributed by atoms with Gasteiger partial charge in [-0.25, -0.2) is 9.07 Å². The molecule has 186 valence electrons. The highest BCUT2D eigenvalue weighted by molar-refractivity contribution is 7.10. The minimum Gasteiger partial charge on any atom is -0.376 e. The summed E-state index contributed by atoms with van der Waals surface area (Å²) in [6.07, 6.45) is 1.79. The molecule has 1 N–H and O–H groups in total. The fourth-order valence-electron chi connectivity index (χ4n) is 4.41. The summed E-state index contributed by atoms with van der Waals surface area (Å²) in [4.78, 5) is 29.8. The second-order valence-corrected chi connectivity index (χ2v) is 9.67. The summed E-state index contributed by atoms with van der Waals surface area (Å²) >= 11 is 1.40. The molecular formula is C26H26FN5O3S. The van der Waals surface area contributed by atoms with Gasteiger partial charge in [-0.3, -0.25) is 14.5 Å². The van der Waals surface area contributed by atoms with Crippen LogP contribution in [0.5, 0.6) is 0 Å². The Kier molecular flexibility index (Phi) is 7.06. The number of aryl methyl sites for hydroxylation is 1. The van der Waals surface area contributed by atoms with Gasteiger partial charge >= 0.3 is 0 Å². The van der Waals surface area contributed by atoms with Gasteiger partial charge in [-0.2, -0.15) is 0 Å². The third-order valence-corrected chi connectivity index (χ3v) is 7.33. The topological polar surface area (TPSA) is 89.4 Å². The number of fused-ring (bicyclic) bond motifs is 1. The Labute approximate surface area is 211 Å².